The summed E-state index contributed by atoms with van der Waals surface area (Å²) < 4.78 is 48.4. The number of benzene rings is 2. The zero-order valence-electron chi connectivity index (χ0n) is 14.7. The lowest BCUT2D eigenvalue weighted by atomic mass is 10.2. The summed E-state index contributed by atoms with van der Waals surface area (Å²) >= 11 is 0. The molecule has 0 aliphatic rings. The molecule has 9 heteroatoms. The first kappa shape index (κ1) is 21.1. The van der Waals surface area contributed by atoms with Gasteiger partial charge >= 0.3 is 12.1 Å². The van der Waals surface area contributed by atoms with Crippen LogP contribution in [0.25, 0.3) is 0 Å². The summed E-state index contributed by atoms with van der Waals surface area (Å²) in [7, 11) is 0. The van der Waals surface area contributed by atoms with Gasteiger partial charge in [0.05, 0.1) is 12.2 Å². The topological polar surface area (TPSA) is 84.9 Å². The molecule has 0 bridgehead atoms. The van der Waals surface area contributed by atoms with Gasteiger partial charge in [0.25, 0.3) is 5.91 Å². The number of hydrogen-bond donors (Lipinski definition) is 2. The minimum Gasteiger partial charge on any atom is -0.494 e. The van der Waals surface area contributed by atoms with Crippen LogP contribution in [0, 0.1) is 0 Å². The predicted molar refractivity (Wildman–Crippen MR) is 94.4 cm³/mol. The molecule has 0 aliphatic carbocycles. The number of rotatable bonds is 9. The van der Waals surface area contributed by atoms with Crippen molar-refractivity contribution >= 4 is 17.6 Å². The molecule has 2 N–H and O–H groups in total. The zero-order valence-corrected chi connectivity index (χ0v) is 14.7. The Morgan fingerprint density at radius 3 is 2.36 bits per heavy atom. The van der Waals surface area contributed by atoms with E-state index in [1.54, 1.807) is 24.3 Å². The lowest BCUT2D eigenvalue weighted by Gasteiger charge is -2.11. The number of amides is 1. The number of hydrogen-bond acceptors (Lipinski definition) is 4. The molecule has 0 aliphatic heterocycles. The number of carbonyl (C=O) groups is 2. The van der Waals surface area contributed by atoms with Crippen LogP contribution in [0.5, 0.6) is 11.5 Å². The highest BCUT2D eigenvalue weighted by Gasteiger charge is 2.30. The number of ether oxygens (including phenoxy) is 2. The van der Waals surface area contributed by atoms with Crippen molar-refractivity contribution in [2.45, 2.75) is 19.0 Å². The van der Waals surface area contributed by atoms with E-state index >= 15 is 0 Å². The van der Waals surface area contributed by atoms with Gasteiger partial charge in [-0.25, -0.2) is 0 Å². The first-order chi connectivity index (χ1) is 13.2. The van der Waals surface area contributed by atoms with Gasteiger partial charge in [0.2, 0.25) is 0 Å². The van der Waals surface area contributed by atoms with Crippen molar-refractivity contribution < 1.29 is 37.3 Å². The van der Waals surface area contributed by atoms with E-state index in [1.165, 1.54) is 12.1 Å². The third-order valence-corrected chi connectivity index (χ3v) is 3.47. The molecule has 6 nitrogen and oxygen atoms in total. The van der Waals surface area contributed by atoms with Gasteiger partial charge in [-0.3, -0.25) is 9.59 Å². The van der Waals surface area contributed by atoms with Gasteiger partial charge in [0.15, 0.2) is 6.61 Å². The van der Waals surface area contributed by atoms with E-state index in [4.69, 9.17) is 14.6 Å². The standard InChI is InChI=1S/C19H18F3NO5/c20-19(21,22)13-3-1-4-16(11-13)28-12-17(24)23-14-6-8-15(9-7-14)27-10-2-5-18(25)26/h1,3-4,6-9,11H,2,5,10,12H2,(H,23,24)(H,25,26). The zero-order chi connectivity index (χ0) is 20.6. The molecule has 0 saturated heterocycles. The van der Waals surface area contributed by atoms with E-state index in [-0.39, 0.29) is 18.8 Å². The Morgan fingerprint density at radius 2 is 1.71 bits per heavy atom. The average Bonchev–Trinajstić information content (AvgIpc) is 2.64. The number of alkyl halides is 3. The molecule has 28 heavy (non-hydrogen) atoms. The SMILES string of the molecule is O=C(O)CCCOc1ccc(NC(=O)COc2cccc(C(F)(F)F)c2)cc1. The molecule has 0 aromatic heterocycles. The lowest BCUT2D eigenvalue weighted by Crippen LogP contribution is -2.20. The number of carboxylic acids is 1. The number of nitrogens with one attached hydrogen (secondary N) is 1. The van der Waals surface area contributed by atoms with Crippen molar-refractivity contribution in [3.8, 4) is 11.5 Å². The van der Waals surface area contributed by atoms with Crippen molar-refractivity contribution in [1.82, 2.24) is 0 Å². The number of carbonyl (C=O) groups excluding carboxylic acids is 1. The highest BCUT2D eigenvalue weighted by atomic mass is 19.4. The maximum atomic E-state index is 12.6. The van der Waals surface area contributed by atoms with E-state index in [9.17, 15) is 22.8 Å². The Labute approximate surface area is 158 Å². The summed E-state index contributed by atoms with van der Waals surface area (Å²) in [5.74, 6) is -0.972. The normalized spacial score (nSPS) is 11.0. The molecule has 0 atom stereocenters. The Hall–Kier alpha value is -3.23. The Kier molecular flexibility index (Phi) is 7.25. The summed E-state index contributed by atoms with van der Waals surface area (Å²) in [6, 6.07) is 10.6. The summed E-state index contributed by atoms with van der Waals surface area (Å²) in [6.45, 7) is -0.197. The number of aliphatic carboxylic acids is 1. The van der Waals surface area contributed by atoms with Crippen LogP contribution in [0.15, 0.2) is 48.5 Å². The van der Waals surface area contributed by atoms with Gasteiger partial charge in [0.1, 0.15) is 11.5 Å². The van der Waals surface area contributed by atoms with E-state index in [0.717, 1.165) is 12.1 Å². The van der Waals surface area contributed by atoms with Crippen molar-refractivity contribution in [3.05, 3.63) is 54.1 Å². The highest BCUT2D eigenvalue weighted by Crippen LogP contribution is 2.31. The molecule has 2 aromatic rings. The van der Waals surface area contributed by atoms with E-state index < -0.39 is 30.2 Å². The second-order valence-electron chi connectivity index (χ2n) is 5.73. The van der Waals surface area contributed by atoms with E-state index in [1.807, 2.05) is 0 Å². The van der Waals surface area contributed by atoms with E-state index in [2.05, 4.69) is 5.32 Å². The lowest BCUT2D eigenvalue weighted by molar-refractivity contribution is -0.138. The monoisotopic (exact) mass is 397 g/mol. The minimum absolute atomic E-state index is 0.0139. The van der Waals surface area contributed by atoms with Crippen molar-refractivity contribution in [3.63, 3.8) is 0 Å². The van der Waals surface area contributed by atoms with Crippen LogP contribution in [-0.4, -0.2) is 30.2 Å². The summed E-state index contributed by atoms with van der Waals surface area (Å²) in [5, 5.41) is 11.1. The predicted octanol–water partition coefficient (Wildman–Crippen LogP) is 3.97. The van der Waals surface area contributed by atoms with Crippen LogP contribution in [0.1, 0.15) is 18.4 Å². The molecule has 0 saturated carbocycles. The van der Waals surface area contributed by atoms with Crippen LogP contribution >= 0.6 is 0 Å². The van der Waals surface area contributed by atoms with Gasteiger partial charge in [0, 0.05) is 12.1 Å². The smallest absolute Gasteiger partial charge is 0.416 e. The molecule has 0 radical (unpaired) electrons. The van der Waals surface area contributed by atoms with Crippen LogP contribution < -0.4 is 14.8 Å². The van der Waals surface area contributed by atoms with Crippen molar-refractivity contribution in [2.24, 2.45) is 0 Å². The summed E-state index contributed by atoms with van der Waals surface area (Å²) in [6.07, 6.45) is -4.10. The molecular weight excluding hydrogens is 379 g/mol. The maximum absolute atomic E-state index is 12.6. The fraction of sp³-hybridized carbons (Fsp3) is 0.263. The molecule has 1 amide bonds. The minimum atomic E-state index is -4.49. The Balaban J connectivity index is 1.79. The van der Waals surface area contributed by atoms with Crippen LogP contribution in [-0.2, 0) is 15.8 Å². The third-order valence-electron chi connectivity index (χ3n) is 3.47. The quantitative estimate of drug-likeness (QED) is 0.626. The molecule has 0 spiro atoms. The summed E-state index contributed by atoms with van der Waals surface area (Å²) in [5.41, 5.74) is -0.403. The number of anilines is 1. The molecule has 2 rings (SSSR count). The van der Waals surface area contributed by atoms with Gasteiger partial charge in [-0.05, 0) is 48.9 Å². The second kappa shape index (κ2) is 9.63. The van der Waals surface area contributed by atoms with Gasteiger partial charge in [-0.2, -0.15) is 13.2 Å². The van der Waals surface area contributed by atoms with Crippen molar-refractivity contribution in [2.75, 3.05) is 18.5 Å². The maximum Gasteiger partial charge on any atom is 0.416 e. The van der Waals surface area contributed by atoms with Crippen LogP contribution in [0.2, 0.25) is 0 Å². The average molecular weight is 397 g/mol. The molecule has 150 valence electrons. The highest BCUT2D eigenvalue weighted by molar-refractivity contribution is 5.91. The first-order valence-electron chi connectivity index (χ1n) is 8.28. The molecular formula is C19H18F3NO5. The molecule has 0 unspecified atom stereocenters. The van der Waals surface area contributed by atoms with Gasteiger partial charge in [-0.15, -0.1) is 0 Å². The molecule has 0 fully saturated rings. The largest absolute Gasteiger partial charge is 0.494 e. The summed E-state index contributed by atoms with van der Waals surface area (Å²) in [4.78, 5) is 22.3. The molecule has 0 heterocycles. The fourth-order valence-corrected chi connectivity index (χ4v) is 2.16. The van der Waals surface area contributed by atoms with Crippen LogP contribution in [0.3, 0.4) is 0 Å². The van der Waals surface area contributed by atoms with Crippen LogP contribution in [0.4, 0.5) is 18.9 Å². The van der Waals surface area contributed by atoms with Gasteiger partial charge in [-0.1, -0.05) is 6.07 Å². The Morgan fingerprint density at radius 1 is 1.00 bits per heavy atom. The third kappa shape index (κ3) is 7.18. The first-order valence-corrected chi connectivity index (χ1v) is 8.28. The number of carboxylic acid groups (broad SMARTS) is 1. The van der Waals surface area contributed by atoms with Crippen molar-refractivity contribution in [1.29, 1.82) is 0 Å². The number of halogens is 3. The molecule has 2 aromatic carbocycles. The van der Waals surface area contributed by atoms with E-state index in [0.29, 0.717) is 17.9 Å². The van der Waals surface area contributed by atoms with Gasteiger partial charge < -0.3 is 19.9 Å². The fourth-order valence-electron chi connectivity index (χ4n) is 2.16. The Bertz CT molecular complexity index is 806. The second-order valence-corrected chi connectivity index (χ2v) is 5.73.